The molecular weight excluding hydrogens is 270 g/mol. The van der Waals surface area contributed by atoms with Crippen molar-refractivity contribution >= 4 is 11.7 Å². The quantitative estimate of drug-likeness (QED) is 0.321. The molecule has 2 rings (SSSR count). The van der Waals surface area contributed by atoms with E-state index in [1.807, 2.05) is 13.0 Å². The summed E-state index contributed by atoms with van der Waals surface area (Å²) in [7, 11) is 0. The van der Waals surface area contributed by atoms with E-state index in [2.05, 4.69) is 20.4 Å². The number of hydrogen-bond donors (Lipinski definition) is 3. The van der Waals surface area contributed by atoms with Crippen LogP contribution in [0.25, 0.3) is 0 Å². The Labute approximate surface area is 123 Å². The van der Waals surface area contributed by atoms with Crippen molar-refractivity contribution in [3.63, 3.8) is 0 Å². The fraction of sp³-hybridized carbons (Fsp3) is 0.500. The lowest BCUT2D eigenvalue weighted by molar-refractivity contribution is 0.0914. The second-order valence-corrected chi connectivity index (χ2v) is 5.37. The van der Waals surface area contributed by atoms with E-state index in [1.54, 1.807) is 12.4 Å². The zero-order valence-electron chi connectivity index (χ0n) is 12.1. The highest BCUT2D eigenvalue weighted by molar-refractivity contribution is 5.94. The van der Waals surface area contributed by atoms with Crippen LogP contribution in [-0.2, 0) is 0 Å². The third-order valence-electron chi connectivity index (χ3n) is 3.57. The molecule has 114 valence electrons. The van der Waals surface area contributed by atoms with Crippen LogP contribution in [0.3, 0.4) is 0 Å². The van der Waals surface area contributed by atoms with Crippen LogP contribution < -0.4 is 11.1 Å². The predicted molar refractivity (Wildman–Crippen MR) is 79.3 cm³/mol. The van der Waals surface area contributed by atoms with Crippen molar-refractivity contribution in [3.8, 4) is 0 Å². The number of nitrogens with one attached hydrogen (secondary N) is 1. The van der Waals surface area contributed by atoms with Gasteiger partial charge in [0, 0.05) is 31.5 Å². The van der Waals surface area contributed by atoms with Crippen molar-refractivity contribution in [2.75, 3.05) is 19.6 Å². The largest absolute Gasteiger partial charge is 0.409 e. The summed E-state index contributed by atoms with van der Waals surface area (Å²) in [5, 5.41) is 14.6. The summed E-state index contributed by atoms with van der Waals surface area (Å²) in [5.41, 5.74) is 7.05. The SMILES string of the molecule is Cc1cncc(C(=O)NC2CCN(CC(N)=NO)CC2)c1. The Balaban J connectivity index is 1.82. The van der Waals surface area contributed by atoms with E-state index in [0.717, 1.165) is 31.5 Å². The molecule has 1 aromatic heterocycles. The Morgan fingerprint density at radius 3 is 2.86 bits per heavy atom. The summed E-state index contributed by atoms with van der Waals surface area (Å²) < 4.78 is 0. The molecule has 21 heavy (non-hydrogen) atoms. The van der Waals surface area contributed by atoms with Crippen LogP contribution in [0.2, 0.25) is 0 Å². The van der Waals surface area contributed by atoms with E-state index in [4.69, 9.17) is 10.9 Å². The Hall–Kier alpha value is -2.15. The maximum absolute atomic E-state index is 12.1. The van der Waals surface area contributed by atoms with Gasteiger partial charge in [0.25, 0.3) is 5.91 Å². The Morgan fingerprint density at radius 1 is 1.52 bits per heavy atom. The number of rotatable bonds is 4. The number of amides is 1. The molecule has 7 heteroatoms. The fourth-order valence-electron chi connectivity index (χ4n) is 2.44. The number of aromatic nitrogens is 1. The van der Waals surface area contributed by atoms with Gasteiger partial charge in [-0.3, -0.25) is 14.7 Å². The average Bonchev–Trinajstić information content (AvgIpc) is 2.49. The molecule has 0 unspecified atom stereocenters. The lowest BCUT2D eigenvalue weighted by atomic mass is 10.0. The molecule has 4 N–H and O–H groups in total. The Morgan fingerprint density at radius 2 is 2.24 bits per heavy atom. The smallest absolute Gasteiger partial charge is 0.253 e. The zero-order chi connectivity index (χ0) is 15.2. The minimum Gasteiger partial charge on any atom is -0.409 e. The number of likely N-dealkylation sites (tertiary alicyclic amines) is 1. The van der Waals surface area contributed by atoms with Crippen LogP contribution in [0.15, 0.2) is 23.6 Å². The van der Waals surface area contributed by atoms with Crippen molar-refractivity contribution in [1.29, 1.82) is 0 Å². The van der Waals surface area contributed by atoms with Gasteiger partial charge >= 0.3 is 0 Å². The molecule has 1 saturated heterocycles. The Bertz CT molecular complexity index is 524. The summed E-state index contributed by atoms with van der Waals surface area (Å²) in [6.07, 6.45) is 5.01. The number of hydrogen-bond acceptors (Lipinski definition) is 5. The summed E-state index contributed by atoms with van der Waals surface area (Å²) >= 11 is 0. The first-order chi connectivity index (χ1) is 10.1. The number of nitrogens with zero attached hydrogens (tertiary/aromatic N) is 3. The maximum Gasteiger partial charge on any atom is 0.253 e. The number of nitrogens with two attached hydrogens (primary N) is 1. The van der Waals surface area contributed by atoms with E-state index in [-0.39, 0.29) is 17.8 Å². The van der Waals surface area contributed by atoms with Gasteiger partial charge in [-0.2, -0.15) is 0 Å². The van der Waals surface area contributed by atoms with Gasteiger partial charge in [-0.1, -0.05) is 5.16 Å². The van der Waals surface area contributed by atoms with Crippen LogP contribution >= 0.6 is 0 Å². The van der Waals surface area contributed by atoms with E-state index < -0.39 is 0 Å². The Kier molecular flexibility index (Phi) is 5.10. The van der Waals surface area contributed by atoms with Crippen molar-refractivity contribution in [3.05, 3.63) is 29.6 Å². The molecule has 0 saturated carbocycles. The van der Waals surface area contributed by atoms with E-state index >= 15 is 0 Å². The zero-order valence-corrected chi connectivity index (χ0v) is 12.1. The molecule has 7 nitrogen and oxygen atoms in total. The van der Waals surface area contributed by atoms with Crippen molar-refractivity contribution in [1.82, 2.24) is 15.2 Å². The molecule has 1 aliphatic heterocycles. The lowest BCUT2D eigenvalue weighted by Gasteiger charge is -2.31. The number of amidine groups is 1. The molecule has 1 amide bonds. The first-order valence-corrected chi connectivity index (χ1v) is 6.99. The van der Waals surface area contributed by atoms with Crippen LogP contribution in [0, 0.1) is 6.92 Å². The summed E-state index contributed by atoms with van der Waals surface area (Å²) in [6.45, 7) is 3.99. The fourth-order valence-corrected chi connectivity index (χ4v) is 2.44. The minimum absolute atomic E-state index is 0.0823. The molecule has 1 aliphatic rings. The molecule has 0 spiro atoms. The molecule has 1 aromatic rings. The van der Waals surface area contributed by atoms with Crippen molar-refractivity contribution in [2.45, 2.75) is 25.8 Å². The lowest BCUT2D eigenvalue weighted by Crippen LogP contribution is -2.46. The maximum atomic E-state index is 12.1. The molecular formula is C14H21N5O2. The first-order valence-electron chi connectivity index (χ1n) is 6.99. The van der Waals surface area contributed by atoms with Gasteiger partial charge < -0.3 is 16.3 Å². The van der Waals surface area contributed by atoms with Crippen molar-refractivity contribution in [2.24, 2.45) is 10.9 Å². The van der Waals surface area contributed by atoms with Gasteiger partial charge in [-0.05, 0) is 31.4 Å². The van der Waals surface area contributed by atoms with Crippen molar-refractivity contribution < 1.29 is 10.0 Å². The summed E-state index contributed by atoms with van der Waals surface area (Å²) in [4.78, 5) is 18.3. The van der Waals surface area contributed by atoms with E-state index in [1.165, 1.54) is 0 Å². The van der Waals surface area contributed by atoms with Gasteiger partial charge in [0.05, 0.1) is 12.1 Å². The van der Waals surface area contributed by atoms with Gasteiger partial charge in [-0.15, -0.1) is 0 Å². The number of aryl methyl sites for hydroxylation is 1. The summed E-state index contributed by atoms with van der Waals surface area (Å²) in [6, 6.07) is 1.98. The highest BCUT2D eigenvalue weighted by Gasteiger charge is 2.21. The molecule has 0 atom stereocenters. The van der Waals surface area contributed by atoms with E-state index in [0.29, 0.717) is 12.1 Å². The van der Waals surface area contributed by atoms with Gasteiger partial charge in [0.2, 0.25) is 0 Å². The minimum atomic E-state index is -0.0823. The van der Waals surface area contributed by atoms with E-state index in [9.17, 15) is 4.79 Å². The topological polar surface area (TPSA) is 104 Å². The second-order valence-electron chi connectivity index (χ2n) is 5.37. The number of pyridine rings is 1. The molecule has 0 aromatic carbocycles. The van der Waals surface area contributed by atoms with Crippen LogP contribution in [-0.4, -0.2) is 52.5 Å². The number of oxime groups is 1. The number of carbonyl (C=O) groups is 1. The molecule has 0 bridgehead atoms. The molecule has 1 fully saturated rings. The molecule has 0 radical (unpaired) electrons. The predicted octanol–water partition coefficient (Wildman–Crippen LogP) is 0.331. The van der Waals surface area contributed by atoms with Gasteiger partial charge in [0.1, 0.15) is 0 Å². The van der Waals surface area contributed by atoms with Crippen LogP contribution in [0.1, 0.15) is 28.8 Å². The standard InChI is InChI=1S/C14H21N5O2/c1-10-6-11(8-16-7-10)14(20)17-12-2-4-19(5-3-12)9-13(15)18-21/h6-8,12,21H,2-5,9H2,1H3,(H2,15,18)(H,17,20). The van der Waals surface area contributed by atoms with Crippen LogP contribution in [0.4, 0.5) is 0 Å². The van der Waals surface area contributed by atoms with Gasteiger partial charge in [-0.25, -0.2) is 0 Å². The van der Waals surface area contributed by atoms with Gasteiger partial charge in [0.15, 0.2) is 5.84 Å². The normalized spacial score (nSPS) is 17.7. The third-order valence-corrected chi connectivity index (χ3v) is 3.57. The monoisotopic (exact) mass is 291 g/mol. The highest BCUT2D eigenvalue weighted by atomic mass is 16.4. The number of piperidine rings is 1. The average molecular weight is 291 g/mol. The van der Waals surface area contributed by atoms with Crippen LogP contribution in [0.5, 0.6) is 0 Å². The third kappa shape index (κ3) is 4.42. The first kappa shape index (κ1) is 15.2. The molecule has 0 aliphatic carbocycles. The highest BCUT2D eigenvalue weighted by Crippen LogP contribution is 2.11. The molecule has 2 heterocycles. The second kappa shape index (κ2) is 7.03. The number of carbonyl (C=O) groups excluding carboxylic acids is 1. The summed E-state index contributed by atoms with van der Waals surface area (Å²) in [5.74, 6) is 0.129.